The zero-order chi connectivity index (χ0) is 11.7. The van der Waals surface area contributed by atoms with Gasteiger partial charge in [-0.15, -0.1) is 0 Å². The van der Waals surface area contributed by atoms with Gasteiger partial charge in [0.15, 0.2) is 0 Å². The molecule has 1 aliphatic rings. The summed E-state index contributed by atoms with van der Waals surface area (Å²) in [6.07, 6.45) is -0.896. The van der Waals surface area contributed by atoms with Crippen LogP contribution in [0.4, 0.5) is 0 Å². The number of hydrogen-bond acceptors (Lipinski definition) is 6. The van der Waals surface area contributed by atoms with E-state index in [-0.39, 0.29) is 0 Å². The van der Waals surface area contributed by atoms with Crippen molar-refractivity contribution < 1.29 is 22.3 Å². The molecule has 1 unspecified atom stereocenters. The summed E-state index contributed by atoms with van der Waals surface area (Å²) in [4.78, 5) is 0. The monoisotopic (exact) mass is 242 g/mol. The molecule has 0 saturated carbocycles. The summed E-state index contributed by atoms with van der Waals surface area (Å²) in [5.74, 6) is 0. The number of piperazine rings is 1. The van der Waals surface area contributed by atoms with E-state index in [0.717, 1.165) is 26.2 Å². The van der Waals surface area contributed by atoms with Crippen LogP contribution in [0.3, 0.4) is 0 Å². The van der Waals surface area contributed by atoms with Crippen LogP contribution in [0.2, 0.25) is 0 Å². The van der Waals surface area contributed by atoms with E-state index in [0.29, 0.717) is 0 Å². The van der Waals surface area contributed by atoms with E-state index in [4.69, 9.17) is 9.66 Å². The number of aliphatic hydroxyl groups excluding tert-OH is 1. The summed E-state index contributed by atoms with van der Waals surface area (Å²) in [7, 11) is -4.38. The Bertz CT molecular complexity index is 226. The second-order valence-electron chi connectivity index (χ2n) is 3.06. The minimum absolute atomic E-state index is 0.418. The fourth-order valence-electron chi connectivity index (χ4n) is 0.788. The lowest BCUT2D eigenvalue weighted by Gasteiger charge is -2.11. The first kappa shape index (κ1) is 14.8. The molecule has 1 rings (SSSR count). The fourth-order valence-corrected chi connectivity index (χ4v) is 1.16. The number of aliphatic hydroxyl groups is 1. The second-order valence-corrected chi connectivity index (χ2v) is 4.15. The van der Waals surface area contributed by atoms with Gasteiger partial charge in [-0.1, -0.05) is 0 Å². The molecular formula is C7H18N2O5S. The van der Waals surface area contributed by atoms with Crippen LogP contribution in [-0.4, -0.2) is 57.0 Å². The molecule has 0 radical (unpaired) electrons. The van der Waals surface area contributed by atoms with Crippen molar-refractivity contribution in [2.75, 3.05) is 32.8 Å². The smallest absolute Gasteiger partial charge is 0.391 e. The standard InChI is InChI=1S/C4H10N2.C3H8O5S/c1-2-6-4-3-5-1;1-3(4)2-8-9(5,6)7/h5-6H,1-4H2;3-4H,2H2,1H3,(H,5,6,7). The van der Waals surface area contributed by atoms with Gasteiger partial charge in [-0.05, 0) is 6.92 Å². The highest BCUT2D eigenvalue weighted by atomic mass is 32.3. The summed E-state index contributed by atoms with van der Waals surface area (Å²) in [6.45, 7) is 5.48. The molecule has 1 fully saturated rings. The van der Waals surface area contributed by atoms with Crippen LogP contribution in [0.25, 0.3) is 0 Å². The Morgan fingerprint density at radius 3 is 1.80 bits per heavy atom. The summed E-state index contributed by atoms with van der Waals surface area (Å²) in [5, 5.41) is 14.9. The Hall–Kier alpha value is -0.250. The molecule has 0 aromatic heterocycles. The molecule has 92 valence electrons. The lowest BCUT2D eigenvalue weighted by atomic mass is 10.4. The molecule has 0 aromatic carbocycles. The number of nitrogens with one attached hydrogen (secondary N) is 2. The topological polar surface area (TPSA) is 108 Å². The Morgan fingerprint density at radius 1 is 1.27 bits per heavy atom. The normalized spacial score (nSPS) is 18.9. The van der Waals surface area contributed by atoms with E-state index in [1.807, 2.05) is 0 Å². The van der Waals surface area contributed by atoms with Crippen molar-refractivity contribution in [2.24, 2.45) is 0 Å². The predicted octanol–water partition coefficient (Wildman–Crippen LogP) is -1.63. The van der Waals surface area contributed by atoms with Crippen molar-refractivity contribution in [3.8, 4) is 0 Å². The number of rotatable bonds is 3. The maximum Gasteiger partial charge on any atom is 0.397 e. The molecule has 4 N–H and O–H groups in total. The van der Waals surface area contributed by atoms with Gasteiger partial charge >= 0.3 is 10.4 Å². The highest BCUT2D eigenvalue weighted by molar-refractivity contribution is 7.80. The first-order chi connectivity index (χ1) is 6.92. The fraction of sp³-hybridized carbons (Fsp3) is 1.00. The molecular weight excluding hydrogens is 224 g/mol. The molecule has 7 nitrogen and oxygen atoms in total. The third kappa shape index (κ3) is 13.8. The SMILES string of the molecule is C1CNCCN1.CC(O)COS(=O)(=O)O. The highest BCUT2D eigenvalue weighted by Crippen LogP contribution is 1.88. The molecule has 0 spiro atoms. The van der Waals surface area contributed by atoms with Crippen LogP contribution in [0.1, 0.15) is 6.92 Å². The van der Waals surface area contributed by atoms with Crippen molar-refractivity contribution >= 4 is 10.4 Å². The molecule has 8 heteroatoms. The second kappa shape index (κ2) is 7.97. The van der Waals surface area contributed by atoms with Gasteiger partial charge in [0, 0.05) is 26.2 Å². The third-order valence-corrected chi connectivity index (χ3v) is 1.85. The Labute approximate surface area is 89.8 Å². The largest absolute Gasteiger partial charge is 0.397 e. The Kier molecular flexibility index (Phi) is 7.83. The lowest BCUT2D eigenvalue weighted by Crippen LogP contribution is -2.39. The highest BCUT2D eigenvalue weighted by Gasteiger charge is 2.05. The summed E-state index contributed by atoms with van der Waals surface area (Å²) >= 11 is 0. The quantitative estimate of drug-likeness (QED) is 0.440. The van der Waals surface area contributed by atoms with Crippen LogP contribution in [-0.2, 0) is 14.6 Å². The summed E-state index contributed by atoms with van der Waals surface area (Å²) in [5.41, 5.74) is 0. The first-order valence-electron chi connectivity index (χ1n) is 4.63. The van der Waals surface area contributed by atoms with E-state index in [9.17, 15) is 8.42 Å². The van der Waals surface area contributed by atoms with Gasteiger partial charge in [0.1, 0.15) is 0 Å². The zero-order valence-electron chi connectivity index (χ0n) is 8.64. The van der Waals surface area contributed by atoms with Crippen molar-refractivity contribution in [1.82, 2.24) is 10.6 Å². The number of hydrogen-bond donors (Lipinski definition) is 4. The van der Waals surface area contributed by atoms with Crippen LogP contribution < -0.4 is 10.6 Å². The van der Waals surface area contributed by atoms with Gasteiger partial charge in [0.2, 0.25) is 0 Å². The average Bonchev–Trinajstić information content (AvgIpc) is 2.18. The van der Waals surface area contributed by atoms with Gasteiger partial charge in [-0.2, -0.15) is 8.42 Å². The van der Waals surface area contributed by atoms with Crippen LogP contribution in [0.5, 0.6) is 0 Å². The van der Waals surface area contributed by atoms with E-state index in [1.54, 1.807) is 0 Å². The van der Waals surface area contributed by atoms with E-state index < -0.39 is 23.1 Å². The molecule has 1 saturated heterocycles. The zero-order valence-corrected chi connectivity index (χ0v) is 9.46. The average molecular weight is 242 g/mol. The molecule has 1 aliphatic heterocycles. The molecule has 0 bridgehead atoms. The first-order valence-corrected chi connectivity index (χ1v) is 5.99. The van der Waals surface area contributed by atoms with Crippen molar-refractivity contribution in [1.29, 1.82) is 0 Å². The molecule has 0 aliphatic carbocycles. The molecule has 1 heterocycles. The lowest BCUT2D eigenvalue weighted by molar-refractivity contribution is 0.117. The van der Waals surface area contributed by atoms with E-state index in [1.165, 1.54) is 6.92 Å². The maximum atomic E-state index is 9.76. The molecule has 15 heavy (non-hydrogen) atoms. The van der Waals surface area contributed by atoms with Gasteiger partial charge in [0.05, 0.1) is 12.7 Å². The molecule has 1 atom stereocenters. The Morgan fingerprint density at radius 2 is 1.67 bits per heavy atom. The van der Waals surface area contributed by atoms with Crippen molar-refractivity contribution in [3.05, 3.63) is 0 Å². The van der Waals surface area contributed by atoms with Crippen LogP contribution in [0, 0.1) is 0 Å². The van der Waals surface area contributed by atoms with Gasteiger partial charge in [0.25, 0.3) is 0 Å². The predicted molar refractivity (Wildman–Crippen MR) is 54.9 cm³/mol. The maximum absolute atomic E-state index is 9.76. The Balaban J connectivity index is 0.000000280. The van der Waals surface area contributed by atoms with Gasteiger partial charge in [-0.3, -0.25) is 4.55 Å². The third-order valence-electron chi connectivity index (χ3n) is 1.42. The molecule has 0 aromatic rings. The minimum atomic E-state index is -4.38. The van der Waals surface area contributed by atoms with Gasteiger partial charge in [-0.25, -0.2) is 4.18 Å². The van der Waals surface area contributed by atoms with E-state index in [2.05, 4.69) is 14.8 Å². The van der Waals surface area contributed by atoms with Crippen LogP contribution >= 0.6 is 0 Å². The van der Waals surface area contributed by atoms with Crippen molar-refractivity contribution in [2.45, 2.75) is 13.0 Å². The van der Waals surface area contributed by atoms with Gasteiger partial charge < -0.3 is 15.7 Å². The van der Waals surface area contributed by atoms with Crippen molar-refractivity contribution in [3.63, 3.8) is 0 Å². The van der Waals surface area contributed by atoms with Crippen LogP contribution in [0.15, 0.2) is 0 Å². The minimum Gasteiger partial charge on any atom is -0.391 e. The molecule has 0 amide bonds. The summed E-state index contributed by atoms with van der Waals surface area (Å²) < 4.78 is 31.2. The van der Waals surface area contributed by atoms with E-state index >= 15 is 0 Å². The summed E-state index contributed by atoms with van der Waals surface area (Å²) in [6, 6.07) is 0.